The van der Waals surface area contributed by atoms with E-state index < -0.39 is 29.8 Å². The molecule has 162 valence electrons. The number of aromatic nitrogens is 1. The normalized spacial score (nSPS) is 19.7. The molecule has 9 nitrogen and oxygen atoms in total. The Balaban J connectivity index is 1.52. The predicted octanol–water partition coefficient (Wildman–Crippen LogP) is 2.30. The molecule has 1 aromatic heterocycles. The number of ketones is 2. The zero-order valence-corrected chi connectivity index (χ0v) is 17.8. The number of Topliss-reactive ketones (excluding diaryl/α,β-unsaturated/α-hetero) is 2. The second-order valence-corrected chi connectivity index (χ2v) is 8.12. The van der Waals surface area contributed by atoms with Gasteiger partial charge < -0.3 is 19.8 Å². The number of benzene rings is 1. The molecule has 2 aliphatic heterocycles. The number of carbonyl (C=O) groups is 4. The fourth-order valence-electron chi connectivity index (χ4n) is 4.25. The fraction of sp³-hybridized carbons (Fsp3) is 0.364. The molecule has 2 N–H and O–H groups in total. The van der Waals surface area contributed by atoms with Crippen molar-refractivity contribution in [2.24, 2.45) is 0 Å². The number of ether oxygens (including phenoxy) is 2. The van der Waals surface area contributed by atoms with Gasteiger partial charge in [0.2, 0.25) is 6.79 Å². The predicted molar refractivity (Wildman–Crippen MR) is 110 cm³/mol. The van der Waals surface area contributed by atoms with Crippen molar-refractivity contribution in [1.82, 2.24) is 15.2 Å². The Bertz CT molecular complexity index is 1130. The third kappa shape index (κ3) is 3.45. The molecule has 1 saturated heterocycles. The summed E-state index contributed by atoms with van der Waals surface area (Å²) in [5.74, 6) is 0.130. The molecule has 0 spiro atoms. The van der Waals surface area contributed by atoms with Crippen LogP contribution in [0.25, 0.3) is 0 Å². The minimum absolute atomic E-state index is 0.143. The average Bonchev–Trinajstić information content (AvgIpc) is 3.33. The monoisotopic (exact) mass is 425 g/mol. The quantitative estimate of drug-likeness (QED) is 0.542. The van der Waals surface area contributed by atoms with Crippen LogP contribution in [0.3, 0.4) is 0 Å². The molecule has 2 aliphatic rings. The number of amides is 3. The second kappa shape index (κ2) is 7.26. The van der Waals surface area contributed by atoms with Gasteiger partial charge in [0.25, 0.3) is 5.91 Å². The number of nitrogens with one attached hydrogen (secondary N) is 2. The molecular weight excluding hydrogens is 402 g/mol. The molecule has 3 heterocycles. The van der Waals surface area contributed by atoms with E-state index >= 15 is 0 Å². The van der Waals surface area contributed by atoms with Crippen molar-refractivity contribution in [3.63, 3.8) is 0 Å². The Labute approximate surface area is 178 Å². The number of hydrogen-bond donors (Lipinski definition) is 2. The summed E-state index contributed by atoms with van der Waals surface area (Å²) >= 11 is 0. The number of H-pyrrole nitrogens is 1. The molecule has 1 aromatic carbocycles. The van der Waals surface area contributed by atoms with E-state index in [1.807, 2.05) is 0 Å². The van der Waals surface area contributed by atoms with Crippen molar-refractivity contribution in [3.05, 3.63) is 46.3 Å². The molecule has 0 bridgehead atoms. The van der Waals surface area contributed by atoms with Gasteiger partial charge in [0.1, 0.15) is 5.54 Å². The van der Waals surface area contributed by atoms with Crippen LogP contribution in [0.1, 0.15) is 51.5 Å². The minimum Gasteiger partial charge on any atom is -0.454 e. The molecule has 9 heteroatoms. The van der Waals surface area contributed by atoms with E-state index in [0.29, 0.717) is 28.3 Å². The number of aryl methyl sites for hydroxylation is 1. The number of nitrogens with zero attached hydrogens (tertiary/aromatic N) is 1. The summed E-state index contributed by atoms with van der Waals surface area (Å²) in [6, 6.07) is 4.71. The van der Waals surface area contributed by atoms with Crippen LogP contribution in [0.2, 0.25) is 0 Å². The Morgan fingerprint density at radius 2 is 1.87 bits per heavy atom. The lowest BCUT2D eigenvalue weighted by Gasteiger charge is -2.21. The molecule has 4 rings (SSSR count). The summed E-state index contributed by atoms with van der Waals surface area (Å²) in [5.41, 5.74) is 1.37. The van der Waals surface area contributed by atoms with Gasteiger partial charge in [-0.05, 0) is 51.0 Å². The van der Waals surface area contributed by atoms with Gasteiger partial charge in [-0.25, -0.2) is 4.79 Å². The van der Waals surface area contributed by atoms with Gasteiger partial charge in [0, 0.05) is 17.7 Å². The maximum absolute atomic E-state index is 13.1. The summed E-state index contributed by atoms with van der Waals surface area (Å²) in [5, 5.41) is 2.70. The smallest absolute Gasteiger partial charge is 0.325 e. The number of fused-ring (bicyclic) bond motifs is 1. The molecule has 3 amide bonds. The van der Waals surface area contributed by atoms with Crippen molar-refractivity contribution >= 4 is 23.5 Å². The molecule has 2 aromatic rings. The van der Waals surface area contributed by atoms with Crippen molar-refractivity contribution in [3.8, 4) is 11.5 Å². The fourth-order valence-corrected chi connectivity index (χ4v) is 4.25. The van der Waals surface area contributed by atoms with Gasteiger partial charge >= 0.3 is 6.03 Å². The van der Waals surface area contributed by atoms with Gasteiger partial charge in [-0.3, -0.25) is 19.3 Å². The highest BCUT2D eigenvalue weighted by Crippen LogP contribution is 2.34. The van der Waals surface area contributed by atoms with Gasteiger partial charge in [0.15, 0.2) is 23.1 Å². The lowest BCUT2D eigenvalue weighted by Crippen LogP contribution is -2.46. The Morgan fingerprint density at radius 1 is 1.16 bits per heavy atom. The summed E-state index contributed by atoms with van der Waals surface area (Å²) in [4.78, 5) is 54.1. The van der Waals surface area contributed by atoms with E-state index in [0.717, 1.165) is 10.5 Å². The van der Waals surface area contributed by atoms with Crippen LogP contribution in [-0.2, 0) is 11.2 Å². The molecule has 1 atom stereocenters. The minimum atomic E-state index is -1.20. The van der Waals surface area contributed by atoms with Crippen molar-refractivity contribution in [2.45, 2.75) is 39.7 Å². The van der Waals surface area contributed by atoms with E-state index in [-0.39, 0.29) is 24.7 Å². The second-order valence-electron chi connectivity index (χ2n) is 8.12. The van der Waals surface area contributed by atoms with E-state index in [1.165, 1.54) is 6.92 Å². The van der Waals surface area contributed by atoms with Crippen LogP contribution in [0, 0.1) is 13.8 Å². The molecule has 1 fully saturated rings. The third-order valence-corrected chi connectivity index (χ3v) is 5.71. The SMILES string of the molecule is CC(=O)c1c(C)[nH]c(C(=O)CN2C(=O)N[C@@](C)(Cc3ccc4c(c3)OCO4)C2=O)c1C. The number of rotatable bonds is 6. The highest BCUT2D eigenvalue weighted by molar-refractivity contribution is 6.11. The van der Waals surface area contributed by atoms with Crippen LogP contribution in [0.4, 0.5) is 4.79 Å². The Hall–Kier alpha value is -3.62. The van der Waals surface area contributed by atoms with Crippen LogP contribution in [0.15, 0.2) is 18.2 Å². The van der Waals surface area contributed by atoms with Crippen LogP contribution in [0.5, 0.6) is 11.5 Å². The van der Waals surface area contributed by atoms with Crippen LogP contribution < -0.4 is 14.8 Å². The average molecular weight is 425 g/mol. The Kier molecular flexibility index (Phi) is 4.83. The molecule has 31 heavy (non-hydrogen) atoms. The number of aromatic amines is 1. The van der Waals surface area contributed by atoms with E-state index in [9.17, 15) is 19.2 Å². The lowest BCUT2D eigenvalue weighted by molar-refractivity contribution is -0.130. The van der Waals surface area contributed by atoms with Crippen molar-refractivity contribution in [1.29, 1.82) is 0 Å². The highest BCUT2D eigenvalue weighted by Gasteiger charge is 2.48. The van der Waals surface area contributed by atoms with Crippen LogP contribution >= 0.6 is 0 Å². The molecule has 0 aliphatic carbocycles. The molecular formula is C22H23N3O6. The molecule has 0 saturated carbocycles. The molecule has 0 radical (unpaired) electrons. The zero-order chi connectivity index (χ0) is 22.5. The van der Waals surface area contributed by atoms with Gasteiger partial charge in [-0.1, -0.05) is 6.07 Å². The number of imide groups is 1. The third-order valence-electron chi connectivity index (χ3n) is 5.71. The summed E-state index contributed by atoms with van der Waals surface area (Å²) < 4.78 is 10.7. The maximum atomic E-state index is 13.1. The first-order valence-corrected chi connectivity index (χ1v) is 9.86. The number of carbonyl (C=O) groups excluding carboxylic acids is 4. The maximum Gasteiger partial charge on any atom is 0.325 e. The molecule has 0 unspecified atom stereocenters. The highest BCUT2D eigenvalue weighted by atomic mass is 16.7. The van der Waals surface area contributed by atoms with Crippen molar-refractivity contribution in [2.75, 3.05) is 13.3 Å². The van der Waals surface area contributed by atoms with Gasteiger partial charge in [-0.15, -0.1) is 0 Å². The first kappa shape index (κ1) is 20.6. The summed E-state index contributed by atoms with van der Waals surface area (Å²) in [6.07, 6.45) is 0.230. The van der Waals surface area contributed by atoms with E-state index in [2.05, 4.69) is 10.3 Å². The van der Waals surface area contributed by atoms with Crippen molar-refractivity contribution < 1.29 is 28.7 Å². The first-order valence-electron chi connectivity index (χ1n) is 9.86. The largest absolute Gasteiger partial charge is 0.454 e. The summed E-state index contributed by atoms with van der Waals surface area (Å²) in [6.45, 7) is 6.15. The first-order chi connectivity index (χ1) is 14.6. The summed E-state index contributed by atoms with van der Waals surface area (Å²) in [7, 11) is 0. The zero-order valence-electron chi connectivity index (χ0n) is 17.8. The Morgan fingerprint density at radius 3 is 2.55 bits per heavy atom. The number of hydrogen-bond acceptors (Lipinski definition) is 6. The van der Waals surface area contributed by atoms with Gasteiger partial charge in [0.05, 0.1) is 12.2 Å². The number of urea groups is 1. The van der Waals surface area contributed by atoms with Gasteiger partial charge in [-0.2, -0.15) is 0 Å². The lowest BCUT2D eigenvalue weighted by atomic mass is 9.92. The van der Waals surface area contributed by atoms with E-state index in [4.69, 9.17) is 9.47 Å². The van der Waals surface area contributed by atoms with Crippen LogP contribution in [-0.4, -0.2) is 52.3 Å². The topological polar surface area (TPSA) is 118 Å². The standard InChI is InChI=1S/C22H23N3O6/c1-11-18(13(3)26)12(2)23-19(11)15(27)9-25-20(28)22(4,24-21(25)29)8-14-5-6-16-17(7-14)31-10-30-16/h5-7,23H,8-10H2,1-4H3,(H,24,29)/t22-/m0/s1. The van der Waals surface area contributed by atoms with E-state index in [1.54, 1.807) is 39.0 Å².